The van der Waals surface area contributed by atoms with Crippen LogP contribution in [0.5, 0.6) is 0 Å². The molecule has 3 rings (SSSR count). The van der Waals surface area contributed by atoms with Crippen molar-refractivity contribution in [3.63, 3.8) is 0 Å². The lowest BCUT2D eigenvalue weighted by Crippen LogP contribution is -2.33. The van der Waals surface area contributed by atoms with Gasteiger partial charge in [-0.3, -0.25) is 4.79 Å². The van der Waals surface area contributed by atoms with E-state index < -0.39 is 0 Å². The summed E-state index contributed by atoms with van der Waals surface area (Å²) in [6.07, 6.45) is 4.88. The summed E-state index contributed by atoms with van der Waals surface area (Å²) >= 11 is 0. The van der Waals surface area contributed by atoms with Crippen LogP contribution in [0.25, 0.3) is 0 Å². The van der Waals surface area contributed by atoms with Crippen molar-refractivity contribution in [2.45, 2.75) is 46.0 Å². The highest BCUT2D eigenvalue weighted by atomic mass is 16.1. The highest BCUT2D eigenvalue weighted by Crippen LogP contribution is 2.36. The van der Waals surface area contributed by atoms with Crippen LogP contribution >= 0.6 is 0 Å². The fraction of sp³-hybridized carbons (Fsp3) is 0.588. The fourth-order valence-corrected chi connectivity index (χ4v) is 3.39. The number of rotatable bonds is 1. The van der Waals surface area contributed by atoms with Crippen molar-refractivity contribution in [3.8, 4) is 6.07 Å². The van der Waals surface area contributed by atoms with Crippen LogP contribution in [0.2, 0.25) is 0 Å². The van der Waals surface area contributed by atoms with E-state index in [4.69, 9.17) is 4.98 Å². The molecular formula is C17H21N3O. The molecular weight excluding hydrogens is 262 g/mol. The Bertz CT molecular complexity index is 622. The van der Waals surface area contributed by atoms with E-state index in [1.807, 2.05) is 0 Å². The third-order valence-electron chi connectivity index (χ3n) is 4.44. The number of hydrogen-bond donors (Lipinski definition) is 0. The zero-order valence-electron chi connectivity index (χ0n) is 12.8. The molecule has 4 nitrogen and oxygen atoms in total. The molecule has 1 saturated heterocycles. The minimum absolute atomic E-state index is 0.0373. The van der Waals surface area contributed by atoms with E-state index in [9.17, 15) is 10.1 Å². The summed E-state index contributed by atoms with van der Waals surface area (Å²) in [6.45, 7) is 6.12. The molecule has 1 aromatic rings. The van der Waals surface area contributed by atoms with Crippen molar-refractivity contribution in [1.82, 2.24) is 4.98 Å². The third-order valence-corrected chi connectivity index (χ3v) is 4.44. The normalized spacial score (nSPS) is 20.8. The van der Waals surface area contributed by atoms with Gasteiger partial charge in [0, 0.05) is 25.1 Å². The summed E-state index contributed by atoms with van der Waals surface area (Å²) in [4.78, 5) is 19.2. The summed E-state index contributed by atoms with van der Waals surface area (Å²) < 4.78 is 0. The number of carbonyl (C=O) groups excluding carboxylic acids is 1. The number of hydrogen-bond acceptors (Lipinski definition) is 4. The molecule has 0 spiro atoms. The van der Waals surface area contributed by atoms with E-state index >= 15 is 0 Å². The Kier molecular flexibility index (Phi) is 3.44. The number of anilines is 1. The second-order valence-electron chi connectivity index (χ2n) is 6.95. The maximum Gasteiger partial charge on any atom is 0.165 e. The molecule has 2 aliphatic rings. The average Bonchev–Trinajstić information content (AvgIpc) is 2.46. The largest absolute Gasteiger partial charge is 0.356 e. The van der Waals surface area contributed by atoms with Gasteiger partial charge in [-0.25, -0.2) is 4.98 Å². The Hall–Kier alpha value is -1.89. The Morgan fingerprint density at radius 3 is 2.62 bits per heavy atom. The Morgan fingerprint density at radius 1 is 1.24 bits per heavy atom. The van der Waals surface area contributed by atoms with E-state index in [1.165, 1.54) is 6.42 Å². The van der Waals surface area contributed by atoms with Gasteiger partial charge in [0.05, 0.1) is 11.3 Å². The van der Waals surface area contributed by atoms with Gasteiger partial charge >= 0.3 is 0 Å². The molecule has 1 aromatic heterocycles. The van der Waals surface area contributed by atoms with Crippen molar-refractivity contribution in [3.05, 3.63) is 22.9 Å². The summed E-state index contributed by atoms with van der Waals surface area (Å²) in [5.74, 6) is 0.900. The molecule has 0 bridgehead atoms. The number of fused-ring (bicyclic) bond motifs is 1. The molecule has 21 heavy (non-hydrogen) atoms. The lowest BCUT2D eigenvalue weighted by atomic mass is 9.75. The van der Waals surface area contributed by atoms with Crippen LogP contribution in [0, 0.1) is 16.7 Å². The predicted molar refractivity (Wildman–Crippen MR) is 81.4 cm³/mol. The quantitative estimate of drug-likeness (QED) is 0.794. The molecule has 0 N–H and O–H groups in total. The molecule has 0 atom stereocenters. The average molecular weight is 283 g/mol. The Balaban J connectivity index is 2.06. The maximum atomic E-state index is 12.3. The Morgan fingerprint density at radius 2 is 1.95 bits per heavy atom. The maximum absolute atomic E-state index is 12.3. The molecule has 0 unspecified atom stereocenters. The second kappa shape index (κ2) is 5.14. The predicted octanol–water partition coefficient (Wildman–Crippen LogP) is 3.10. The van der Waals surface area contributed by atoms with E-state index in [0.717, 1.165) is 43.9 Å². The summed E-state index contributed by atoms with van der Waals surface area (Å²) in [7, 11) is 0. The van der Waals surface area contributed by atoms with Crippen LogP contribution in [-0.2, 0) is 6.42 Å². The standard InChI is InChI=1S/C17H21N3O/c1-17(2)9-14-13(15(21)10-17)8-12(11-18)16(19-14)20-6-4-3-5-7-20/h8H,3-7,9-10H2,1-2H3. The van der Waals surface area contributed by atoms with Gasteiger partial charge in [-0.05, 0) is 37.2 Å². The van der Waals surface area contributed by atoms with Crippen LogP contribution in [0.4, 0.5) is 5.82 Å². The molecule has 2 heterocycles. The smallest absolute Gasteiger partial charge is 0.165 e. The SMILES string of the molecule is CC1(C)CC(=O)c2cc(C#N)c(N3CCCCC3)nc2C1. The van der Waals surface area contributed by atoms with Gasteiger partial charge in [0.25, 0.3) is 0 Å². The number of Topliss-reactive ketones (excluding diaryl/α,β-unsaturated/α-hetero) is 1. The van der Waals surface area contributed by atoms with E-state index in [2.05, 4.69) is 24.8 Å². The lowest BCUT2D eigenvalue weighted by molar-refractivity contribution is 0.0910. The van der Waals surface area contributed by atoms with Crippen molar-refractivity contribution in [2.24, 2.45) is 5.41 Å². The van der Waals surface area contributed by atoms with Gasteiger partial charge in [0.1, 0.15) is 11.9 Å². The van der Waals surface area contributed by atoms with Crippen molar-refractivity contribution in [2.75, 3.05) is 18.0 Å². The van der Waals surface area contributed by atoms with Crippen molar-refractivity contribution < 1.29 is 4.79 Å². The van der Waals surface area contributed by atoms with Gasteiger partial charge in [0.15, 0.2) is 5.78 Å². The van der Waals surface area contributed by atoms with Crippen LogP contribution < -0.4 is 4.90 Å². The zero-order valence-corrected chi connectivity index (χ0v) is 12.8. The van der Waals surface area contributed by atoms with Gasteiger partial charge in [-0.15, -0.1) is 0 Å². The van der Waals surface area contributed by atoms with Crippen molar-refractivity contribution in [1.29, 1.82) is 5.26 Å². The molecule has 0 aromatic carbocycles. The summed E-state index contributed by atoms with van der Waals surface area (Å²) in [5.41, 5.74) is 2.04. The second-order valence-corrected chi connectivity index (χ2v) is 6.95. The van der Waals surface area contributed by atoms with Crippen molar-refractivity contribution >= 4 is 11.6 Å². The third kappa shape index (κ3) is 2.65. The van der Waals surface area contributed by atoms with Crippen LogP contribution in [0.1, 0.15) is 61.1 Å². The molecule has 0 saturated carbocycles. The molecule has 110 valence electrons. The molecule has 4 heteroatoms. The van der Waals surface area contributed by atoms with E-state index in [1.54, 1.807) is 6.07 Å². The summed E-state index contributed by atoms with van der Waals surface area (Å²) in [6, 6.07) is 4.00. The molecule has 0 amide bonds. The lowest BCUT2D eigenvalue weighted by Gasteiger charge is -2.32. The topological polar surface area (TPSA) is 57.0 Å². The molecule has 1 fully saturated rings. The number of pyridine rings is 1. The first kappa shape index (κ1) is 14.1. The first-order chi connectivity index (χ1) is 10.00. The van der Waals surface area contributed by atoms with Gasteiger partial charge in [-0.1, -0.05) is 13.8 Å². The monoisotopic (exact) mass is 283 g/mol. The minimum atomic E-state index is -0.0373. The number of ketones is 1. The van der Waals surface area contributed by atoms with Crippen LogP contribution in [-0.4, -0.2) is 23.9 Å². The number of nitrogens with zero attached hydrogens (tertiary/aromatic N) is 3. The summed E-state index contributed by atoms with van der Waals surface area (Å²) in [5, 5.41) is 9.41. The van der Waals surface area contributed by atoms with Gasteiger partial charge in [0.2, 0.25) is 0 Å². The van der Waals surface area contributed by atoms with Crippen LogP contribution in [0.15, 0.2) is 6.07 Å². The first-order valence-corrected chi connectivity index (χ1v) is 7.72. The highest BCUT2D eigenvalue weighted by Gasteiger charge is 2.33. The first-order valence-electron chi connectivity index (χ1n) is 7.72. The zero-order chi connectivity index (χ0) is 15.0. The van der Waals surface area contributed by atoms with E-state index in [0.29, 0.717) is 17.5 Å². The fourth-order valence-electron chi connectivity index (χ4n) is 3.39. The van der Waals surface area contributed by atoms with Gasteiger partial charge in [-0.2, -0.15) is 5.26 Å². The highest BCUT2D eigenvalue weighted by molar-refractivity contribution is 5.99. The molecule has 1 aliphatic carbocycles. The van der Waals surface area contributed by atoms with Gasteiger partial charge < -0.3 is 4.90 Å². The van der Waals surface area contributed by atoms with Crippen LogP contribution in [0.3, 0.4) is 0 Å². The molecule has 1 aliphatic heterocycles. The number of aromatic nitrogens is 1. The number of piperidine rings is 1. The number of nitriles is 1. The number of carbonyl (C=O) groups is 1. The molecule has 0 radical (unpaired) electrons. The minimum Gasteiger partial charge on any atom is -0.356 e. The Labute approximate surface area is 125 Å². The van der Waals surface area contributed by atoms with E-state index in [-0.39, 0.29) is 11.2 Å².